The third kappa shape index (κ3) is 3.06. The summed E-state index contributed by atoms with van der Waals surface area (Å²) < 4.78 is 5.75. The largest absolute Gasteiger partial charge is 0.496 e. The van der Waals surface area contributed by atoms with Crippen molar-refractivity contribution in [2.24, 2.45) is 5.73 Å². The molecule has 2 heterocycles. The molecule has 4 heteroatoms. The molecule has 0 radical (unpaired) electrons. The molecule has 0 aliphatic rings. The van der Waals surface area contributed by atoms with Crippen LogP contribution in [0.4, 0.5) is 0 Å². The third-order valence-corrected chi connectivity index (χ3v) is 5.25. The molecule has 0 aliphatic carbocycles. The number of rotatable bonds is 6. The number of aryl methyl sites for hydroxylation is 2. The molecule has 27 heavy (non-hydrogen) atoms. The summed E-state index contributed by atoms with van der Waals surface area (Å²) in [6, 6.07) is 14.6. The van der Waals surface area contributed by atoms with E-state index in [0.29, 0.717) is 0 Å². The van der Waals surface area contributed by atoms with E-state index in [1.54, 1.807) is 7.11 Å². The molecule has 0 aliphatic heterocycles. The number of fused-ring (bicyclic) bond motifs is 2. The molecule has 0 saturated carbocycles. The molecule has 138 valence electrons. The first kappa shape index (κ1) is 17.6. The van der Waals surface area contributed by atoms with Crippen LogP contribution in [0.3, 0.4) is 0 Å². The minimum Gasteiger partial charge on any atom is -0.496 e. The van der Waals surface area contributed by atoms with Crippen LogP contribution >= 0.6 is 0 Å². The number of aromatic nitrogens is 2. The molecule has 0 amide bonds. The van der Waals surface area contributed by atoms with Crippen molar-refractivity contribution in [3.63, 3.8) is 0 Å². The topological polar surface area (TPSA) is 63.9 Å². The highest BCUT2D eigenvalue weighted by Gasteiger charge is 2.19. The highest BCUT2D eigenvalue weighted by Crippen LogP contribution is 2.41. The van der Waals surface area contributed by atoms with Crippen molar-refractivity contribution in [2.45, 2.75) is 26.2 Å². The fraction of sp³-hybridized carbons (Fsp3) is 0.261. The molecule has 0 spiro atoms. The quantitative estimate of drug-likeness (QED) is 0.477. The van der Waals surface area contributed by atoms with Crippen LogP contribution in [0.1, 0.15) is 24.0 Å². The summed E-state index contributed by atoms with van der Waals surface area (Å²) in [7, 11) is 1.73. The van der Waals surface area contributed by atoms with Gasteiger partial charge in [0.25, 0.3) is 0 Å². The van der Waals surface area contributed by atoms with Gasteiger partial charge in [-0.1, -0.05) is 24.3 Å². The number of methoxy groups -OCH3 is 1. The van der Waals surface area contributed by atoms with Crippen LogP contribution in [0.25, 0.3) is 33.1 Å². The Hall–Kier alpha value is -2.85. The van der Waals surface area contributed by atoms with E-state index in [2.05, 4.69) is 41.2 Å². The van der Waals surface area contributed by atoms with Gasteiger partial charge in [-0.05, 0) is 62.1 Å². The number of H-pyrrole nitrogens is 1. The zero-order valence-corrected chi connectivity index (χ0v) is 15.9. The Balaban J connectivity index is 2.02. The summed E-state index contributed by atoms with van der Waals surface area (Å²) in [5, 5.41) is 2.38. The SMILES string of the molecule is COc1ccc2ncccc2c1-c1[nH]c2c(C)cccc2c1CCCCN. The van der Waals surface area contributed by atoms with Gasteiger partial charge in [0.05, 0.1) is 18.3 Å². The number of para-hydroxylation sites is 1. The van der Waals surface area contributed by atoms with Gasteiger partial charge in [-0.3, -0.25) is 4.98 Å². The van der Waals surface area contributed by atoms with E-state index in [1.807, 2.05) is 24.4 Å². The molecule has 0 unspecified atom stereocenters. The van der Waals surface area contributed by atoms with Gasteiger partial charge in [-0.25, -0.2) is 0 Å². The van der Waals surface area contributed by atoms with Crippen LogP contribution in [-0.4, -0.2) is 23.6 Å². The average molecular weight is 359 g/mol. The second-order valence-corrected chi connectivity index (χ2v) is 6.93. The van der Waals surface area contributed by atoms with Crippen LogP contribution in [0, 0.1) is 6.92 Å². The van der Waals surface area contributed by atoms with Crippen LogP contribution in [0.15, 0.2) is 48.7 Å². The number of nitrogens with one attached hydrogen (secondary N) is 1. The summed E-state index contributed by atoms with van der Waals surface area (Å²) in [5.41, 5.74) is 12.7. The lowest BCUT2D eigenvalue weighted by molar-refractivity contribution is 0.417. The fourth-order valence-corrected chi connectivity index (χ4v) is 3.90. The van der Waals surface area contributed by atoms with Crippen molar-refractivity contribution in [3.05, 3.63) is 59.8 Å². The highest BCUT2D eigenvalue weighted by atomic mass is 16.5. The monoisotopic (exact) mass is 359 g/mol. The number of nitrogens with zero attached hydrogens (tertiary/aromatic N) is 1. The maximum atomic E-state index is 5.75. The van der Waals surface area contributed by atoms with Crippen molar-refractivity contribution >= 4 is 21.8 Å². The van der Waals surface area contributed by atoms with E-state index >= 15 is 0 Å². The normalized spacial score (nSPS) is 11.4. The Morgan fingerprint density at radius 2 is 1.89 bits per heavy atom. The van der Waals surface area contributed by atoms with E-state index in [4.69, 9.17) is 10.5 Å². The molecule has 2 aromatic heterocycles. The minimum atomic E-state index is 0.720. The molecule has 3 N–H and O–H groups in total. The Bertz CT molecular complexity index is 1100. The van der Waals surface area contributed by atoms with Gasteiger partial charge in [-0.2, -0.15) is 0 Å². The average Bonchev–Trinajstić information content (AvgIpc) is 3.07. The Kier molecular flexibility index (Phi) is 4.82. The molecule has 4 aromatic rings. The van der Waals surface area contributed by atoms with E-state index in [-0.39, 0.29) is 0 Å². The molecule has 0 atom stereocenters. The number of nitrogens with two attached hydrogens (primary N) is 1. The smallest absolute Gasteiger partial charge is 0.128 e. The van der Waals surface area contributed by atoms with Crippen molar-refractivity contribution in [2.75, 3.05) is 13.7 Å². The lowest BCUT2D eigenvalue weighted by Gasteiger charge is -2.13. The zero-order valence-electron chi connectivity index (χ0n) is 15.9. The number of unbranched alkanes of at least 4 members (excludes halogenated alkanes) is 1. The third-order valence-electron chi connectivity index (χ3n) is 5.25. The van der Waals surface area contributed by atoms with E-state index in [0.717, 1.165) is 53.7 Å². The minimum absolute atomic E-state index is 0.720. The molecule has 4 rings (SSSR count). The number of hydrogen-bond acceptors (Lipinski definition) is 3. The van der Waals surface area contributed by atoms with Crippen molar-refractivity contribution in [3.8, 4) is 17.0 Å². The predicted molar refractivity (Wildman–Crippen MR) is 112 cm³/mol. The first-order valence-corrected chi connectivity index (χ1v) is 9.47. The Morgan fingerprint density at radius 3 is 2.70 bits per heavy atom. The number of aromatic amines is 1. The van der Waals surface area contributed by atoms with Crippen molar-refractivity contribution in [1.29, 1.82) is 0 Å². The van der Waals surface area contributed by atoms with Crippen molar-refractivity contribution in [1.82, 2.24) is 9.97 Å². The van der Waals surface area contributed by atoms with E-state index in [1.165, 1.54) is 22.0 Å². The second kappa shape index (κ2) is 7.41. The van der Waals surface area contributed by atoms with Gasteiger partial charge < -0.3 is 15.5 Å². The lowest BCUT2D eigenvalue weighted by Crippen LogP contribution is -2.00. The summed E-state index contributed by atoms with van der Waals surface area (Å²) in [4.78, 5) is 8.24. The number of hydrogen-bond donors (Lipinski definition) is 2. The van der Waals surface area contributed by atoms with Gasteiger partial charge in [-0.15, -0.1) is 0 Å². The summed E-state index contributed by atoms with van der Waals surface area (Å²) in [5.74, 6) is 0.861. The second-order valence-electron chi connectivity index (χ2n) is 6.93. The molecular formula is C23H25N3O. The first-order chi connectivity index (χ1) is 13.2. The highest BCUT2D eigenvalue weighted by molar-refractivity contribution is 6.02. The van der Waals surface area contributed by atoms with Crippen LogP contribution in [0.2, 0.25) is 0 Å². The molecular weight excluding hydrogens is 334 g/mol. The molecule has 0 fully saturated rings. The van der Waals surface area contributed by atoms with Crippen LogP contribution in [-0.2, 0) is 6.42 Å². The Morgan fingerprint density at radius 1 is 1.04 bits per heavy atom. The molecule has 0 bridgehead atoms. The predicted octanol–water partition coefficient (Wildman–Crippen LogP) is 4.98. The summed E-state index contributed by atoms with van der Waals surface area (Å²) in [6.45, 7) is 2.87. The number of pyridine rings is 1. The van der Waals surface area contributed by atoms with Gasteiger partial charge in [0.15, 0.2) is 0 Å². The number of ether oxygens (including phenoxy) is 1. The maximum Gasteiger partial charge on any atom is 0.128 e. The molecule has 2 aromatic carbocycles. The van der Waals surface area contributed by atoms with Gasteiger partial charge in [0.1, 0.15) is 5.75 Å². The van der Waals surface area contributed by atoms with Gasteiger partial charge >= 0.3 is 0 Å². The first-order valence-electron chi connectivity index (χ1n) is 9.47. The van der Waals surface area contributed by atoms with Crippen LogP contribution in [0.5, 0.6) is 5.75 Å². The Labute approximate surface area is 159 Å². The zero-order chi connectivity index (χ0) is 18.8. The lowest BCUT2D eigenvalue weighted by atomic mass is 9.96. The number of benzene rings is 2. The standard InChI is InChI=1S/C23H25N3O/c1-15-7-5-9-16-17(8-3-4-13-24)23(26-22(15)16)21-18-10-6-14-25-19(18)11-12-20(21)27-2/h5-7,9-12,14,26H,3-4,8,13,24H2,1-2H3. The molecule has 0 saturated heterocycles. The summed E-state index contributed by atoms with van der Waals surface area (Å²) >= 11 is 0. The van der Waals surface area contributed by atoms with E-state index < -0.39 is 0 Å². The van der Waals surface area contributed by atoms with Gasteiger partial charge in [0.2, 0.25) is 0 Å². The van der Waals surface area contributed by atoms with Crippen LogP contribution < -0.4 is 10.5 Å². The van der Waals surface area contributed by atoms with Crippen molar-refractivity contribution < 1.29 is 4.74 Å². The maximum absolute atomic E-state index is 5.75. The fourth-order valence-electron chi connectivity index (χ4n) is 3.90. The molecule has 4 nitrogen and oxygen atoms in total. The summed E-state index contributed by atoms with van der Waals surface area (Å²) in [6.07, 6.45) is 4.90. The van der Waals surface area contributed by atoms with E-state index in [9.17, 15) is 0 Å². The van der Waals surface area contributed by atoms with Gasteiger partial charge in [0, 0.05) is 28.0 Å².